The Morgan fingerprint density at radius 3 is 2.57 bits per heavy atom. The van der Waals surface area contributed by atoms with Crippen LogP contribution in [0.3, 0.4) is 0 Å². The van der Waals surface area contributed by atoms with Crippen molar-refractivity contribution >= 4 is 33.2 Å². The number of hydrogen-bond acceptors (Lipinski definition) is 1. The van der Waals surface area contributed by atoms with Gasteiger partial charge >= 0.3 is 0 Å². The molecule has 0 unspecified atom stereocenters. The van der Waals surface area contributed by atoms with Crippen LogP contribution in [0.5, 0.6) is 0 Å². The highest BCUT2D eigenvalue weighted by atomic mass is 79.9. The Morgan fingerprint density at radius 2 is 1.90 bits per heavy atom. The molecular formula is C16H13BrClF2N. The van der Waals surface area contributed by atoms with Gasteiger partial charge in [0.2, 0.25) is 0 Å². The summed E-state index contributed by atoms with van der Waals surface area (Å²) in [5.74, 6) is -0.850. The molecule has 0 amide bonds. The zero-order valence-corrected chi connectivity index (χ0v) is 13.4. The van der Waals surface area contributed by atoms with Crippen LogP contribution in [0.4, 0.5) is 14.5 Å². The second-order valence-corrected chi connectivity index (χ2v) is 6.63. The van der Waals surface area contributed by atoms with Crippen LogP contribution in [0.2, 0.25) is 5.02 Å². The van der Waals surface area contributed by atoms with Gasteiger partial charge in [-0.2, -0.15) is 0 Å². The fraction of sp³-hybridized carbons (Fsp3) is 0.250. The number of hydrogen-bond donors (Lipinski definition) is 1. The number of halogens is 4. The molecule has 2 aromatic carbocycles. The molecule has 0 radical (unpaired) electrons. The molecule has 1 nitrogen and oxygen atoms in total. The van der Waals surface area contributed by atoms with Crippen molar-refractivity contribution in [2.45, 2.75) is 24.8 Å². The molecule has 0 heterocycles. The minimum absolute atomic E-state index is 0.0819. The molecule has 0 atom stereocenters. The van der Waals surface area contributed by atoms with Crippen molar-refractivity contribution < 1.29 is 8.78 Å². The number of rotatable bonds is 3. The van der Waals surface area contributed by atoms with Crippen molar-refractivity contribution in [2.75, 3.05) is 5.32 Å². The molecule has 1 aliphatic rings. The van der Waals surface area contributed by atoms with E-state index in [9.17, 15) is 8.78 Å². The normalized spacial score (nSPS) is 21.0. The van der Waals surface area contributed by atoms with Gasteiger partial charge in [-0.25, -0.2) is 8.78 Å². The van der Waals surface area contributed by atoms with Crippen LogP contribution >= 0.6 is 27.5 Å². The molecule has 21 heavy (non-hydrogen) atoms. The fourth-order valence-electron chi connectivity index (χ4n) is 2.65. The smallest absolute Gasteiger partial charge is 0.150 e. The van der Waals surface area contributed by atoms with E-state index in [1.165, 1.54) is 5.56 Å². The van der Waals surface area contributed by atoms with E-state index < -0.39 is 11.6 Å². The summed E-state index contributed by atoms with van der Waals surface area (Å²) in [7, 11) is 0. The Kier molecular flexibility index (Phi) is 4.18. The molecular weight excluding hydrogens is 360 g/mol. The van der Waals surface area contributed by atoms with E-state index in [0.29, 0.717) is 5.92 Å². The number of nitrogens with one attached hydrogen (secondary N) is 1. The lowest BCUT2D eigenvalue weighted by Gasteiger charge is -2.37. The molecule has 0 aliphatic heterocycles. The van der Waals surface area contributed by atoms with Crippen LogP contribution in [-0.2, 0) is 0 Å². The number of anilines is 1. The summed E-state index contributed by atoms with van der Waals surface area (Å²) in [5, 5.41) is 3.15. The topological polar surface area (TPSA) is 12.0 Å². The SMILES string of the molecule is Fc1cc(F)c(NC2CC(c3cccc(Br)c3)C2)c(Cl)c1. The first-order chi connectivity index (χ1) is 10.0. The molecule has 110 valence electrons. The molecule has 1 fully saturated rings. The largest absolute Gasteiger partial charge is 0.379 e. The lowest BCUT2D eigenvalue weighted by atomic mass is 9.76. The van der Waals surface area contributed by atoms with Gasteiger partial charge in [-0.3, -0.25) is 0 Å². The summed E-state index contributed by atoms with van der Waals surface area (Å²) < 4.78 is 27.8. The monoisotopic (exact) mass is 371 g/mol. The Labute approximate surface area is 135 Å². The van der Waals surface area contributed by atoms with E-state index in [2.05, 4.69) is 33.4 Å². The Morgan fingerprint density at radius 1 is 1.14 bits per heavy atom. The summed E-state index contributed by atoms with van der Waals surface area (Å²) in [6, 6.07) is 10.3. The van der Waals surface area contributed by atoms with Gasteiger partial charge in [0.05, 0.1) is 10.7 Å². The van der Waals surface area contributed by atoms with Gasteiger partial charge in [0.15, 0.2) is 5.82 Å². The van der Waals surface area contributed by atoms with Gasteiger partial charge in [0.1, 0.15) is 5.82 Å². The fourth-order valence-corrected chi connectivity index (χ4v) is 3.32. The van der Waals surface area contributed by atoms with Crippen LogP contribution in [0.25, 0.3) is 0 Å². The van der Waals surface area contributed by atoms with Gasteiger partial charge in [0.25, 0.3) is 0 Å². The maximum Gasteiger partial charge on any atom is 0.150 e. The van der Waals surface area contributed by atoms with Crippen molar-refractivity contribution in [3.63, 3.8) is 0 Å². The maximum absolute atomic E-state index is 13.7. The van der Waals surface area contributed by atoms with E-state index >= 15 is 0 Å². The quantitative estimate of drug-likeness (QED) is 0.724. The maximum atomic E-state index is 13.7. The van der Waals surface area contributed by atoms with Crippen LogP contribution in [-0.4, -0.2) is 6.04 Å². The summed E-state index contributed by atoms with van der Waals surface area (Å²) >= 11 is 9.35. The van der Waals surface area contributed by atoms with Crippen molar-refractivity contribution in [1.29, 1.82) is 0 Å². The third-order valence-electron chi connectivity index (χ3n) is 3.81. The molecule has 1 saturated carbocycles. The highest BCUT2D eigenvalue weighted by Crippen LogP contribution is 2.40. The van der Waals surface area contributed by atoms with E-state index in [1.54, 1.807) is 0 Å². The van der Waals surface area contributed by atoms with E-state index in [1.807, 2.05) is 12.1 Å². The molecule has 0 bridgehead atoms. The molecule has 0 spiro atoms. The summed E-state index contributed by atoms with van der Waals surface area (Å²) in [6.45, 7) is 0. The Balaban J connectivity index is 1.65. The first kappa shape index (κ1) is 14.8. The Hall–Kier alpha value is -1.13. The van der Waals surface area contributed by atoms with E-state index in [-0.39, 0.29) is 16.8 Å². The summed E-state index contributed by atoms with van der Waals surface area (Å²) in [5.41, 5.74) is 1.46. The standard InChI is InChI=1S/C16H13BrClF2N/c17-11-3-1-2-9(4-11)10-5-13(6-10)21-16-14(18)7-12(19)8-15(16)20/h1-4,7-8,10,13,21H,5-6H2. The van der Waals surface area contributed by atoms with E-state index in [4.69, 9.17) is 11.6 Å². The van der Waals surface area contributed by atoms with E-state index in [0.717, 1.165) is 29.4 Å². The molecule has 3 rings (SSSR count). The van der Waals surface area contributed by atoms with Crippen molar-refractivity contribution in [3.8, 4) is 0 Å². The third kappa shape index (κ3) is 3.22. The van der Waals surface area contributed by atoms with Crippen LogP contribution < -0.4 is 5.32 Å². The van der Waals surface area contributed by atoms with Crippen LogP contribution in [0.1, 0.15) is 24.3 Å². The molecule has 0 saturated heterocycles. The molecule has 2 aromatic rings. The van der Waals surface area contributed by atoms with Gasteiger partial charge in [-0.05, 0) is 42.5 Å². The Bertz CT molecular complexity index is 648. The number of benzene rings is 2. The lowest BCUT2D eigenvalue weighted by molar-refractivity contribution is 0.372. The zero-order valence-electron chi connectivity index (χ0n) is 11.0. The average molecular weight is 373 g/mol. The molecule has 5 heteroatoms. The van der Waals surface area contributed by atoms with Gasteiger partial charge in [-0.15, -0.1) is 0 Å². The van der Waals surface area contributed by atoms with Crippen LogP contribution in [0.15, 0.2) is 40.9 Å². The zero-order chi connectivity index (χ0) is 15.0. The summed E-state index contributed by atoms with van der Waals surface area (Å²) in [4.78, 5) is 0. The molecule has 0 aromatic heterocycles. The third-order valence-corrected chi connectivity index (χ3v) is 4.60. The van der Waals surface area contributed by atoms with Gasteiger partial charge in [-0.1, -0.05) is 39.7 Å². The summed E-state index contributed by atoms with van der Waals surface area (Å²) in [6.07, 6.45) is 1.81. The highest BCUT2D eigenvalue weighted by Gasteiger charge is 2.31. The van der Waals surface area contributed by atoms with Crippen molar-refractivity contribution in [2.24, 2.45) is 0 Å². The average Bonchev–Trinajstić information content (AvgIpc) is 2.35. The first-order valence-electron chi connectivity index (χ1n) is 6.69. The first-order valence-corrected chi connectivity index (χ1v) is 7.86. The van der Waals surface area contributed by atoms with Gasteiger partial charge in [0, 0.05) is 16.6 Å². The predicted molar refractivity (Wildman–Crippen MR) is 84.9 cm³/mol. The van der Waals surface area contributed by atoms with Crippen molar-refractivity contribution in [3.05, 3.63) is 63.1 Å². The predicted octanol–water partition coefficient (Wildman–Crippen LogP) is 5.74. The van der Waals surface area contributed by atoms with Crippen molar-refractivity contribution in [1.82, 2.24) is 0 Å². The molecule has 1 aliphatic carbocycles. The minimum atomic E-state index is -0.663. The lowest BCUT2D eigenvalue weighted by Crippen LogP contribution is -2.34. The van der Waals surface area contributed by atoms with Gasteiger partial charge < -0.3 is 5.32 Å². The second-order valence-electron chi connectivity index (χ2n) is 5.31. The molecule has 1 N–H and O–H groups in total. The highest BCUT2D eigenvalue weighted by molar-refractivity contribution is 9.10. The second kappa shape index (κ2) is 5.93. The minimum Gasteiger partial charge on any atom is -0.379 e. The van der Waals surface area contributed by atoms with Crippen LogP contribution in [0, 0.1) is 11.6 Å².